The number of urea groups is 1. The van der Waals surface area contributed by atoms with Crippen molar-refractivity contribution in [3.05, 3.63) is 35.4 Å². The average molecular weight is 309 g/mol. The van der Waals surface area contributed by atoms with Gasteiger partial charge in [0.15, 0.2) is 0 Å². The Kier molecular flexibility index (Phi) is 3.68. The Hall–Kier alpha value is -2.10. The van der Waals surface area contributed by atoms with Crippen LogP contribution in [0.5, 0.6) is 0 Å². The maximum Gasteiger partial charge on any atom is 0.323 e. The molecule has 1 aliphatic carbocycles. The van der Waals surface area contributed by atoms with Gasteiger partial charge in [-0.25, -0.2) is 9.78 Å². The molecule has 2 aliphatic rings. The fraction of sp³-hybridized carbons (Fsp3) is 0.474. The Morgan fingerprint density at radius 1 is 1.22 bits per heavy atom. The molecule has 4 nitrogen and oxygen atoms in total. The summed E-state index contributed by atoms with van der Waals surface area (Å²) in [6, 6.07) is 8.86. The van der Waals surface area contributed by atoms with Gasteiger partial charge in [-0.15, -0.1) is 0 Å². The van der Waals surface area contributed by atoms with Crippen LogP contribution in [0, 0.1) is 6.92 Å². The summed E-state index contributed by atoms with van der Waals surface area (Å²) in [5, 5.41) is 4.36. The third-order valence-corrected chi connectivity index (χ3v) is 5.07. The molecule has 23 heavy (non-hydrogen) atoms. The van der Waals surface area contributed by atoms with Gasteiger partial charge in [-0.05, 0) is 49.4 Å². The maximum absolute atomic E-state index is 12.7. The van der Waals surface area contributed by atoms with Crippen LogP contribution >= 0.6 is 0 Å². The molecule has 4 heteroatoms. The van der Waals surface area contributed by atoms with Crippen molar-refractivity contribution in [1.29, 1.82) is 0 Å². The minimum Gasteiger partial charge on any atom is -0.335 e. The molecular weight excluding hydrogens is 286 g/mol. The number of aromatic nitrogens is 1. The molecule has 1 saturated carbocycles. The summed E-state index contributed by atoms with van der Waals surface area (Å²) < 4.78 is 0. The first kappa shape index (κ1) is 14.5. The lowest BCUT2D eigenvalue weighted by Gasteiger charge is -2.26. The smallest absolute Gasteiger partial charge is 0.323 e. The zero-order valence-corrected chi connectivity index (χ0v) is 13.6. The van der Waals surface area contributed by atoms with Gasteiger partial charge in [0.1, 0.15) is 5.82 Å². The molecule has 1 aliphatic heterocycles. The van der Waals surface area contributed by atoms with Gasteiger partial charge < -0.3 is 5.32 Å². The van der Waals surface area contributed by atoms with Gasteiger partial charge in [0.05, 0.1) is 5.52 Å². The van der Waals surface area contributed by atoms with Crippen molar-refractivity contribution in [2.45, 2.75) is 51.5 Å². The van der Waals surface area contributed by atoms with Crippen LogP contribution in [0.25, 0.3) is 10.9 Å². The molecule has 1 aromatic heterocycles. The highest BCUT2D eigenvalue weighted by atomic mass is 16.2. The SMILES string of the molecule is Cc1ccc2cc3c(nc2c1)N(C(=O)NC1CCCCC1)CC3. The standard InChI is InChI=1S/C19H23N3O/c1-13-7-8-14-12-15-9-10-22(18(15)21-17(14)11-13)19(23)20-16-5-3-2-4-6-16/h7-8,11-12,16H,2-6,9-10H2,1H3,(H,20,23). The monoisotopic (exact) mass is 309 g/mol. The lowest BCUT2D eigenvalue weighted by molar-refractivity contribution is 0.238. The van der Waals surface area contributed by atoms with E-state index in [0.717, 1.165) is 42.5 Å². The molecule has 2 amide bonds. The van der Waals surface area contributed by atoms with Crippen molar-refractivity contribution in [3.63, 3.8) is 0 Å². The van der Waals surface area contributed by atoms with Gasteiger partial charge in [-0.3, -0.25) is 4.90 Å². The number of nitrogens with zero attached hydrogens (tertiary/aromatic N) is 2. The van der Waals surface area contributed by atoms with Crippen molar-refractivity contribution in [1.82, 2.24) is 10.3 Å². The molecular formula is C19H23N3O. The van der Waals surface area contributed by atoms with E-state index >= 15 is 0 Å². The van der Waals surface area contributed by atoms with Gasteiger partial charge in [0.2, 0.25) is 0 Å². The van der Waals surface area contributed by atoms with Crippen LogP contribution in [0.4, 0.5) is 10.6 Å². The Morgan fingerprint density at radius 2 is 2.04 bits per heavy atom. The predicted molar refractivity (Wildman–Crippen MR) is 92.9 cm³/mol. The van der Waals surface area contributed by atoms with Crippen molar-refractivity contribution in [2.75, 3.05) is 11.4 Å². The molecule has 0 saturated heterocycles. The highest BCUT2D eigenvalue weighted by Gasteiger charge is 2.28. The van der Waals surface area contributed by atoms with E-state index in [1.807, 2.05) is 4.90 Å². The second-order valence-corrected chi connectivity index (χ2v) is 6.85. The summed E-state index contributed by atoms with van der Waals surface area (Å²) in [5.74, 6) is 0.844. The van der Waals surface area contributed by atoms with Crippen LogP contribution in [-0.2, 0) is 6.42 Å². The Labute approximate surface area is 136 Å². The van der Waals surface area contributed by atoms with Crippen LogP contribution in [0.15, 0.2) is 24.3 Å². The first-order valence-electron chi connectivity index (χ1n) is 8.69. The summed E-state index contributed by atoms with van der Waals surface area (Å²) >= 11 is 0. The zero-order valence-electron chi connectivity index (χ0n) is 13.6. The second kappa shape index (κ2) is 5.84. The Bertz CT molecular complexity index is 750. The van der Waals surface area contributed by atoms with Gasteiger partial charge in [-0.2, -0.15) is 0 Å². The highest BCUT2D eigenvalue weighted by Crippen LogP contribution is 2.30. The number of hydrogen-bond donors (Lipinski definition) is 1. The summed E-state index contributed by atoms with van der Waals surface area (Å²) in [6.07, 6.45) is 6.86. The van der Waals surface area contributed by atoms with E-state index in [4.69, 9.17) is 4.98 Å². The molecule has 0 radical (unpaired) electrons. The summed E-state index contributed by atoms with van der Waals surface area (Å²) in [5.41, 5.74) is 3.35. The average Bonchev–Trinajstić information content (AvgIpc) is 2.96. The second-order valence-electron chi connectivity index (χ2n) is 6.85. The third-order valence-electron chi connectivity index (χ3n) is 5.07. The largest absolute Gasteiger partial charge is 0.335 e. The Balaban J connectivity index is 1.59. The first-order valence-corrected chi connectivity index (χ1v) is 8.69. The lowest BCUT2D eigenvalue weighted by Crippen LogP contribution is -2.45. The van der Waals surface area contributed by atoms with E-state index < -0.39 is 0 Å². The minimum atomic E-state index is 0.0233. The Morgan fingerprint density at radius 3 is 2.87 bits per heavy atom. The van der Waals surface area contributed by atoms with E-state index in [0.29, 0.717) is 6.04 Å². The molecule has 1 aromatic carbocycles. The molecule has 1 fully saturated rings. The highest BCUT2D eigenvalue weighted by molar-refractivity contribution is 5.95. The molecule has 0 atom stereocenters. The van der Waals surface area contributed by atoms with Gasteiger partial charge in [0.25, 0.3) is 0 Å². The molecule has 120 valence electrons. The van der Waals surface area contributed by atoms with E-state index in [1.165, 1.54) is 30.4 Å². The molecule has 0 unspecified atom stereocenters. The molecule has 2 heterocycles. The number of carbonyl (C=O) groups excluding carboxylic acids is 1. The fourth-order valence-corrected chi connectivity index (χ4v) is 3.76. The molecule has 1 N–H and O–H groups in total. The van der Waals surface area contributed by atoms with Crippen LogP contribution in [0.1, 0.15) is 43.2 Å². The predicted octanol–water partition coefficient (Wildman–Crippen LogP) is 3.95. The summed E-state index contributed by atoms with van der Waals surface area (Å²) in [6.45, 7) is 2.80. The number of aryl methyl sites for hydroxylation is 1. The van der Waals surface area contributed by atoms with Crippen LogP contribution in [0.2, 0.25) is 0 Å². The van der Waals surface area contributed by atoms with E-state index in [1.54, 1.807) is 0 Å². The number of anilines is 1. The number of rotatable bonds is 1. The van der Waals surface area contributed by atoms with Gasteiger partial charge >= 0.3 is 6.03 Å². The van der Waals surface area contributed by atoms with Crippen LogP contribution < -0.4 is 10.2 Å². The minimum absolute atomic E-state index is 0.0233. The van der Waals surface area contributed by atoms with Crippen molar-refractivity contribution in [2.24, 2.45) is 0 Å². The molecule has 0 spiro atoms. The van der Waals surface area contributed by atoms with E-state index in [2.05, 4.69) is 36.5 Å². The number of nitrogens with one attached hydrogen (secondary N) is 1. The topological polar surface area (TPSA) is 45.2 Å². The van der Waals surface area contributed by atoms with Crippen LogP contribution in [-0.4, -0.2) is 23.6 Å². The number of benzene rings is 1. The van der Waals surface area contributed by atoms with Crippen LogP contribution in [0.3, 0.4) is 0 Å². The quantitative estimate of drug-likeness (QED) is 0.867. The van der Waals surface area contributed by atoms with Gasteiger partial charge in [0, 0.05) is 18.0 Å². The molecule has 0 bridgehead atoms. The molecule has 4 rings (SSSR count). The summed E-state index contributed by atoms with van der Waals surface area (Å²) in [7, 11) is 0. The first-order chi connectivity index (χ1) is 11.2. The fourth-order valence-electron chi connectivity index (χ4n) is 3.76. The van der Waals surface area contributed by atoms with E-state index in [9.17, 15) is 4.79 Å². The zero-order chi connectivity index (χ0) is 15.8. The number of pyridine rings is 1. The molecule has 2 aromatic rings. The van der Waals surface area contributed by atoms with Gasteiger partial charge in [-0.1, -0.05) is 31.4 Å². The summed E-state index contributed by atoms with van der Waals surface area (Å²) in [4.78, 5) is 19.3. The van der Waals surface area contributed by atoms with Crippen molar-refractivity contribution in [3.8, 4) is 0 Å². The number of amides is 2. The van der Waals surface area contributed by atoms with E-state index in [-0.39, 0.29) is 6.03 Å². The normalized spacial score (nSPS) is 18.2. The van der Waals surface area contributed by atoms with Crippen molar-refractivity contribution >= 4 is 22.8 Å². The number of carbonyl (C=O) groups is 1. The number of hydrogen-bond acceptors (Lipinski definition) is 2. The number of fused-ring (bicyclic) bond motifs is 2. The lowest BCUT2D eigenvalue weighted by atomic mass is 9.96. The maximum atomic E-state index is 12.7. The van der Waals surface area contributed by atoms with Crippen molar-refractivity contribution < 1.29 is 4.79 Å². The third kappa shape index (κ3) is 2.78.